The molecule has 3 heteroatoms. The Bertz CT molecular complexity index is 457. The van der Waals surface area contributed by atoms with Crippen molar-refractivity contribution < 1.29 is 0 Å². The van der Waals surface area contributed by atoms with E-state index in [-0.39, 0.29) is 0 Å². The molecule has 0 atom stereocenters. The van der Waals surface area contributed by atoms with Crippen molar-refractivity contribution in [3.63, 3.8) is 0 Å². The minimum absolute atomic E-state index is 0.770. The molecule has 0 aliphatic rings. The molecule has 0 radical (unpaired) electrons. The fraction of sp³-hybridized carbons (Fsp3) is 0.250. The Kier molecular flexibility index (Phi) is 2.78. The molecule has 2 aromatic rings. The molecule has 0 spiro atoms. The molecule has 0 aliphatic heterocycles. The van der Waals surface area contributed by atoms with Gasteiger partial charge < -0.3 is 0 Å². The van der Waals surface area contributed by atoms with Crippen molar-refractivity contribution in [2.45, 2.75) is 20.4 Å². The topological polar surface area (TPSA) is 17.8 Å². The highest BCUT2D eigenvalue weighted by atomic mass is 35.5. The number of aromatic nitrogens is 2. The van der Waals surface area contributed by atoms with E-state index in [0.717, 1.165) is 17.3 Å². The number of hydrogen-bond donors (Lipinski definition) is 0. The Morgan fingerprint density at radius 2 is 1.87 bits per heavy atom. The minimum atomic E-state index is 0.770. The van der Waals surface area contributed by atoms with E-state index in [9.17, 15) is 0 Å². The highest BCUT2D eigenvalue weighted by molar-refractivity contribution is 6.30. The van der Waals surface area contributed by atoms with Crippen LogP contribution in [-0.4, -0.2) is 9.78 Å². The first-order valence-corrected chi connectivity index (χ1v) is 5.28. The second kappa shape index (κ2) is 4.07. The number of halogens is 1. The van der Waals surface area contributed by atoms with Crippen LogP contribution in [0.1, 0.15) is 17.0 Å². The largest absolute Gasteiger partial charge is 0.265 e. The second-order valence-electron chi connectivity index (χ2n) is 3.71. The molecular weight excluding hydrogens is 208 g/mol. The van der Waals surface area contributed by atoms with E-state index in [1.54, 1.807) is 0 Å². The van der Waals surface area contributed by atoms with E-state index in [4.69, 9.17) is 11.6 Å². The summed E-state index contributed by atoms with van der Waals surface area (Å²) in [5.41, 5.74) is 3.45. The van der Waals surface area contributed by atoms with Gasteiger partial charge in [0.2, 0.25) is 0 Å². The molecule has 2 rings (SSSR count). The summed E-state index contributed by atoms with van der Waals surface area (Å²) in [5.74, 6) is 0. The van der Waals surface area contributed by atoms with Crippen LogP contribution in [-0.2, 0) is 6.54 Å². The van der Waals surface area contributed by atoms with Crippen LogP contribution < -0.4 is 0 Å². The lowest BCUT2D eigenvalue weighted by molar-refractivity contribution is 0.659. The molecule has 2 nitrogen and oxygen atoms in total. The van der Waals surface area contributed by atoms with Crippen molar-refractivity contribution in [2.24, 2.45) is 0 Å². The SMILES string of the molecule is Cc1cc(C)n(Cc2ccc(Cl)cc2)n1. The number of nitrogens with zero attached hydrogens (tertiary/aromatic N) is 2. The maximum Gasteiger partial charge on any atom is 0.0662 e. The predicted octanol–water partition coefficient (Wildman–Crippen LogP) is 3.20. The second-order valence-corrected chi connectivity index (χ2v) is 4.15. The van der Waals surface area contributed by atoms with Crippen LogP contribution in [0, 0.1) is 13.8 Å². The summed E-state index contributed by atoms with van der Waals surface area (Å²) in [6.45, 7) is 4.87. The Morgan fingerprint density at radius 3 is 2.40 bits per heavy atom. The Morgan fingerprint density at radius 1 is 1.20 bits per heavy atom. The van der Waals surface area contributed by atoms with Crippen LogP contribution in [0.3, 0.4) is 0 Å². The van der Waals surface area contributed by atoms with E-state index < -0.39 is 0 Å². The Hall–Kier alpha value is -1.28. The number of benzene rings is 1. The summed E-state index contributed by atoms with van der Waals surface area (Å²) in [6, 6.07) is 9.94. The van der Waals surface area contributed by atoms with Crippen molar-refractivity contribution in [2.75, 3.05) is 0 Å². The van der Waals surface area contributed by atoms with E-state index in [1.165, 1.54) is 11.3 Å². The van der Waals surface area contributed by atoms with Gasteiger partial charge in [-0.1, -0.05) is 23.7 Å². The fourth-order valence-electron chi connectivity index (χ4n) is 1.60. The van der Waals surface area contributed by atoms with E-state index in [0.29, 0.717) is 0 Å². The van der Waals surface area contributed by atoms with Gasteiger partial charge in [-0.25, -0.2) is 0 Å². The Labute approximate surface area is 94.5 Å². The van der Waals surface area contributed by atoms with Gasteiger partial charge in [0.15, 0.2) is 0 Å². The van der Waals surface area contributed by atoms with Crippen LogP contribution in [0.15, 0.2) is 30.3 Å². The highest BCUT2D eigenvalue weighted by Gasteiger charge is 2.01. The van der Waals surface area contributed by atoms with Gasteiger partial charge in [-0.05, 0) is 37.6 Å². The average Bonchev–Trinajstić information content (AvgIpc) is 2.49. The summed E-state index contributed by atoms with van der Waals surface area (Å²) in [6.07, 6.45) is 0. The van der Waals surface area contributed by atoms with Crippen LogP contribution >= 0.6 is 11.6 Å². The smallest absolute Gasteiger partial charge is 0.0662 e. The first-order chi connectivity index (χ1) is 7.15. The predicted molar refractivity (Wildman–Crippen MR) is 62.3 cm³/mol. The van der Waals surface area contributed by atoms with Crippen molar-refractivity contribution in [1.82, 2.24) is 9.78 Å². The van der Waals surface area contributed by atoms with Crippen molar-refractivity contribution >= 4 is 11.6 Å². The monoisotopic (exact) mass is 220 g/mol. The summed E-state index contributed by atoms with van der Waals surface area (Å²) >= 11 is 5.83. The van der Waals surface area contributed by atoms with E-state index >= 15 is 0 Å². The maximum atomic E-state index is 5.83. The van der Waals surface area contributed by atoms with Crippen LogP contribution in [0.5, 0.6) is 0 Å². The molecule has 78 valence electrons. The molecular formula is C12H13ClN2. The highest BCUT2D eigenvalue weighted by Crippen LogP contribution is 2.11. The standard InChI is InChI=1S/C12H13ClN2/c1-9-7-10(2)15(14-9)8-11-3-5-12(13)6-4-11/h3-7H,8H2,1-2H3. The molecule has 15 heavy (non-hydrogen) atoms. The molecule has 0 fully saturated rings. The van der Waals surface area contributed by atoms with Gasteiger partial charge in [0.1, 0.15) is 0 Å². The van der Waals surface area contributed by atoms with E-state index in [1.807, 2.05) is 35.9 Å². The number of aryl methyl sites for hydroxylation is 2. The normalized spacial score (nSPS) is 10.6. The molecule has 0 unspecified atom stereocenters. The average molecular weight is 221 g/mol. The van der Waals surface area contributed by atoms with Crippen molar-refractivity contribution in [3.8, 4) is 0 Å². The number of hydrogen-bond acceptors (Lipinski definition) is 1. The molecule has 1 aromatic carbocycles. The van der Waals surface area contributed by atoms with Crippen LogP contribution in [0.2, 0.25) is 5.02 Å². The van der Waals surface area contributed by atoms with Crippen molar-refractivity contribution in [1.29, 1.82) is 0 Å². The molecule has 1 heterocycles. The van der Waals surface area contributed by atoms with Gasteiger partial charge in [-0.15, -0.1) is 0 Å². The molecule has 0 aliphatic carbocycles. The molecule has 0 saturated heterocycles. The fourth-order valence-corrected chi connectivity index (χ4v) is 1.72. The van der Waals surface area contributed by atoms with Gasteiger partial charge in [0.05, 0.1) is 12.2 Å². The third kappa shape index (κ3) is 2.39. The third-order valence-corrected chi connectivity index (χ3v) is 2.60. The lowest BCUT2D eigenvalue weighted by Crippen LogP contribution is -2.03. The summed E-state index contributed by atoms with van der Waals surface area (Å²) in [7, 11) is 0. The molecule has 0 bridgehead atoms. The molecule has 0 saturated carbocycles. The zero-order valence-electron chi connectivity index (χ0n) is 8.87. The zero-order valence-corrected chi connectivity index (χ0v) is 9.62. The number of rotatable bonds is 2. The lowest BCUT2D eigenvalue weighted by Gasteiger charge is -2.04. The first-order valence-electron chi connectivity index (χ1n) is 4.90. The molecule has 1 aromatic heterocycles. The van der Waals surface area contributed by atoms with Gasteiger partial charge in [-0.3, -0.25) is 4.68 Å². The van der Waals surface area contributed by atoms with Gasteiger partial charge in [-0.2, -0.15) is 5.10 Å². The lowest BCUT2D eigenvalue weighted by atomic mass is 10.2. The first kappa shape index (κ1) is 10.2. The summed E-state index contributed by atoms with van der Waals surface area (Å²) in [5, 5.41) is 5.18. The van der Waals surface area contributed by atoms with E-state index in [2.05, 4.69) is 18.1 Å². The van der Waals surface area contributed by atoms with Crippen LogP contribution in [0.25, 0.3) is 0 Å². The molecule has 0 N–H and O–H groups in total. The maximum absolute atomic E-state index is 5.83. The third-order valence-electron chi connectivity index (χ3n) is 2.35. The van der Waals surface area contributed by atoms with Gasteiger partial charge in [0.25, 0.3) is 0 Å². The molecule has 0 amide bonds. The quantitative estimate of drug-likeness (QED) is 0.760. The minimum Gasteiger partial charge on any atom is -0.265 e. The van der Waals surface area contributed by atoms with Gasteiger partial charge >= 0.3 is 0 Å². The Balaban J connectivity index is 2.21. The van der Waals surface area contributed by atoms with Crippen molar-refractivity contribution in [3.05, 3.63) is 52.3 Å². The van der Waals surface area contributed by atoms with Gasteiger partial charge in [0, 0.05) is 10.7 Å². The summed E-state index contributed by atoms with van der Waals surface area (Å²) < 4.78 is 2.00. The van der Waals surface area contributed by atoms with Crippen LogP contribution in [0.4, 0.5) is 0 Å². The zero-order chi connectivity index (χ0) is 10.8. The summed E-state index contributed by atoms with van der Waals surface area (Å²) in [4.78, 5) is 0.